The molecule has 0 bridgehead atoms. The molecule has 0 atom stereocenters. The molecule has 1 amide bonds. The molecule has 0 fully saturated rings. The fourth-order valence-electron chi connectivity index (χ4n) is 3.20. The third-order valence-corrected chi connectivity index (χ3v) is 5.78. The number of hydrogen-bond donors (Lipinski definition) is 0. The summed E-state index contributed by atoms with van der Waals surface area (Å²) < 4.78 is 43.5. The van der Waals surface area contributed by atoms with E-state index in [9.17, 15) is 22.8 Å². The monoisotopic (exact) mass is 455 g/mol. The van der Waals surface area contributed by atoms with E-state index in [0.717, 1.165) is 28.0 Å². The number of benzene rings is 3. The number of rotatable bonds is 4. The molecular formula is C24H16F3NO3S. The van der Waals surface area contributed by atoms with Crippen LogP contribution in [-0.4, -0.2) is 18.5 Å². The summed E-state index contributed by atoms with van der Waals surface area (Å²) in [6.07, 6.45) is -2.27. The van der Waals surface area contributed by atoms with Gasteiger partial charge in [-0.2, -0.15) is 13.2 Å². The molecule has 1 aliphatic rings. The van der Waals surface area contributed by atoms with Crippen LogP contribution in [0.5, 0.6) is 0 Å². The highest BCUT2D eigenvalue weighted by atomic mass is 32.2. The van der Waals surface area contributed by atoms with Crippen molar-refractivity contribution in [1.82, 2.24) is 0 Å². The van der Waals surface area contributed by atoms with Gasteiger partial charge in [-0.15, -0.1) is 0 Å². The van der Waals surface area contributed by atoms with Gasteiger partial charge in [-0.25, -0.2) is 4.79 Å². The summed E-state index contributed by atoms with van der Waals surface area (Å²) >= 11 is 1.54. The number of halogens is 3. The molecule has 1 heterocycles. The molecule has 0 spiro atoms. The number of anilines is 2. The zero-order valence-corrected chi connectivity index (χ0v) is 17.3. The van der Waals surface area contributed by atoms with Gasteiger partial charge in [0.1, 0.15) is 0 Å². The second-order valence-corrected chi connectivity index (χ2v) is 7.91. The minimum absolute atomic E-state index is 0.194. The quantitative estimate of drug-likeness (QED) is 0.353. The Balaban J connectivity index is 1.46. The van der Waals surface area contributed by atoms with E-state index in [0.29, 0.717) is 11.4 Å². The third-order valence-electron chi connectivity index (χ3n) is 4.65. The summed E-state index contributed by atoms with van der Waals surface area (Å²) in [5.74, 6) is -1.27. The lowest BCUT2D eigenvalue weighted by Crippen LogP contribution is -2.32. The number of fused-ring (bicyclic) bond motifs is 2. The zero-order valence-electron chi connectivity index (χ0n) is 16.5. The predicted octanol–water partition coefficient (Wildman–Crippen LogP) is 6.09. The average Bonchev–Trinajstić information content (AvgIpc) is 2.79. The first-order valence-corrected chi connectivity index (χ1v) is 10.4. The number of nitrogens with zero attached hydrogens (tertiary/aromatic N) is 1. The smallest absolute Gasteiger partial charge is 0.416 e. The van der Waals surface area contributed by atoms with E-state index in [1.165, 1.54) is 23.1 Å². The molecule has 0 radical (unpaired) electrons. The third kappa shape index (κ3) is 4.70. The summed E-state index contributed by atoms with van der Waals surface area (Å²) in [5.41, 5.74) is 0.760. The number of hydrogen-bond acceptors (Lipinski definition) is 4. The van der Waals surface area contributed by atoms with Crippen LogP contribution < -0.4 is 4.90 Å². The fraction of sp³-hybridized carbons (Fsp3) is 0.0833. The first-order valence-electron chi connectivity index (χ1n) is 9.54. The van der Waals surface area contributed by atoms with Gasteiger partial charge < -0.3 is 4.74 Å². The second-order valence-electron chi connectivity index (χ2n) is 6.83. The number of carbonyl (C=O) groups excluding carboxylic acids is 2. The van der Waals surface area contributed by atoms with Crippen molar-refractivity contribution in [2.45, 2.75) is 16.0 Å². The van der Waals surface area contributed by atoms with Crippen molar-refractivity contribution in [3.05, 3.63) is 90.0 Å². The van der Waals surface area contributed by atoms with Crippen LogP contribution in [0.4, 0.5) is 24.5 Å². The maximum absolute atomic E-state index is 12.9. The van der Waals surface area contributed by atoms with Crippen molar-refractivity contribution in [1.29, 1.82) is 0 Å². The highest BCUT2D eigenvalue weighted by molar-refractivity contribution is 7.99. The molecule has 0 aliphatic carbocycles. The van der Waals surface area contributed by atoms with E-state index in [1.54, 1.807) is 11.8 Å². The molecule has 0 saturated carbocycles. The normalized spacial score (nSPS) is 12.9. The van der Waals surface area contributed by atoms with Gasteiger partial charge in [0, 0.05) is 15.9 Å². The largest absolute Gasteiger partial charge is 0.452 e. The van der Waals surface area contributed by atoms with Crippen LogP contribution in [0, 0.1) is 0 Å². The fourth-order valence-corrected chi connectivity index (χ4v) is 4.26. The molecule has 0 aromatic heterocycles. The van der Waals surface area contributed by atoms with E-state index >= 15 is 0 Å². The Morgan fingerprint density at radius 2 is 1.53 bits per heavy atom. The summed E-state index contributed by atoms with van der Waals surface area (Å²) in [6, 6.07) is 19.4. The number of alkyl halides is 3. The Hall–Kier alpha value is -3.52. The maximum Gasteiger partial charge on any atom is 0.416 e. The van der Waals surface area contributed by atoms with Crippen LogP contribution in [-0.2, 0) is 20.5 Å². The zero-order chi connectivity index (χ0) is 22.7. The summed E-state index contributed by atoms with van der Waals surface area (Å²) in [4.78, 5) is 28.3. The van der Waals surface area contributed by atoms with Crippen LogP contribution in [0.2, 0.25) is 0 Å². The number of para-hydroxylation sites is 2. The van der Waals surface area contributed by atoms with Crippen LogP contribution in [0.3, 0.4) is 0 Å². The van der Waals surface area contributed by atoms with Gasteiger partial charge >= 0.3 is 12.1 Å². The van der Waals surface area contributed by atoms with Gasteiger partial charge in [0.2, 0.25) is 0 Å². The van der Waals surface area contributed by atoms with Crippen molar-refractivity contribution >= 4 is 41.1 Å². The molecule has 0 unspecified atom stereocenters. The van der Waals surface area contributed by atoms with Crippen molar-refractivity contribution in [3.8, 4) is 0 Å². The average molecular weight is 455 g/mol. The number of amides is 1. The van der Waals surface area contributed by atoms with Gasteiger partial charge in [-0.3, -0.25) is 9.69 Å². The molecule has 162 valence electrons. The Morgan fingerprint density at radius 3 is 2.16 bits per heavy atom. The van der Waals surface area contributed by atoms with Gasteiger partial charge in [0.25, 0.3) is 5.91 Å². The van der Waals surface area contributed by atoms with Crippen LogP contribution >= 0.6 is 11.8 Å². The summed E-state index contributed by atoms with van der Waals surface area (Å²) in [7, 11) is 0. The Bertz CT molecular complexity index is 1160. The van der Waals surface area contributed by atoms with Crippen LogP contribution in [0.1, 0.15) is 11.1 Å². The lowest BCUT2D eigenvalue weighted by molar-refractivity contribution is -0.142. The van der Waals surface area contributed by atoms with Crippen LogP contribution in [0.15, 0.2) is 88.7 Å². The molecule has 4 rings (SSSR count). The van der Waals surface area contributed by atoms with E-state index in [4.69, 9.17) is 4.74 Å². The predicted molar refractivity (Wildman–Crippen MR) is 116 cm³/mol. The van der Waals surface area contributed by atoms with Crippen molar-refractivity contribution in [3.63, 3.8) is 0 Å². The first-order chi connectivity index (χ1) is 15.3. The Kier molecular flexibility index (Phi) is 6.05. The minimum Gasteiger partial charge on any atom is -0.452 e. The molecule has 1 aliphatic heterocycles. The molecule has 32 heavy (non-hydrogen) atoms. The van der Waals surface area contributed by atoms with Gasteiger partial charge in [-0.1, -0.05) is 48.2 Å². The number of ether oxygens (including phenoxy) is 1. The second kappa shape index (κ2) is 8.92. The summed E-state index contributed by atoms with van der Waals surface area (Å²) in [5, 5.41) is 0. The lowest BCUT2D eigenvalue weighted by atomic mass is 10.1. The SMILES string of the molecule is O=C(C=Cc1cccc(C(F)(F)F)c1)OCC(=O)N1c2ccccc2Sc2ccccc21. The van der Waals surface area contributed by atoms with E-state index < -0.39 is 30.2 Å². The molecule has 0 N–H and O–H groups in total. The molecule has 4 nitrogen and oxygen atoms in total. The molecule has 0 saturated heterocycles. The van der Waals surface area contributed by atoms with Gasteiger partial charge in [0.15, 0.2) is 6.61 Å². The Labute approximate surface area is 186 Å². The topological polar surface area (TPSA) is 46.6 Å². The van der Waals surface area contributed by atoms with Gasteiger partial charge in [-0.05, 0) is 48.0 Å². The lowest BCUT2D eigenvalue weighted by Gasteiger charge is -2.30. The van der Waals surface area contributed by atoms with Crippen molar-refractivity contribution < 1.29 is 27.5 Å². The van der Waals surface area contributed by atoms with E-state index in [-0.39, 0.29) is 5.56 Å². The maximum atomic E-state index is 12.9. The van der Waals surface area contributed by atoms with Crippen molar-refractivity contribution in [2.75, 3.05) is 11.5 Å². The summed E-state index contributed by atoms with van der Waals surface area (Å²) in [6.45, 7) is -0.515. The number of carbonyl (C=O) groups is 2. The minimum atomic E-state index is -4.48. The molecular weight excluding hydrogens is 439 g/mol. The first kappa shape index (κ1) is 21.7. The van der Waals surface area contributed by atoms with E-state index in [1.807, 2.05) is 48.5 Å². The number of esters is 1. The van der Waals surface area contributed by atoms with E-state index in [2.05, 4.69) is 0 Å². The molecule has 3 aromatic carbocycles. The highest BCUT2D eigenvalue weighted by Gasteiger charge is 2.30. The molecule has 3 aromatic rings. The standard InChI is InChI=1S/C24H16F3NO3S/c25-24(26,27)17-7-5-6-16(14-17)12-13-23(30)31-15-22(29)28-18-8-1-3-10-20(18)32-21-11-4-2-9-19(21)28/h1-14H,15H2. The molecule has 8 heteroatoms. The van der Waals surface area contributed by atoms with Crippen molar-refractivity contribution in [2.24, 2.45) is 0 Å². The highest BCUT2D eigenvalue weighted by Crippen LogP contribution is 2.47. The van der Waals surface area contributed by atoms with Crippen LogP contribution in [0.25, 0.3) is 6.08 Å². The van der Waals surface area contributed by atoms with Gasteiger partial charge in [0.05, 0.1) is 16.9 Å². The Morgan fingerprint density at radius 1 is 0.906 bits per heavy atom.